The predicted molar refractivity (Wildman–Crippen MR) is 74.8 cm³/mol. The molecule has 3 rings (SSSR count). The topological polar surface area (TPSA) is 46.1 Å². The van der Waals surface area contributed by atoms with Crippen molar-refractivity contribution in [2.45, 2.75) is 19.0 Å². The maximum atomic E-state index is 12.1. The van der Waals surface area contributed by atoms with E-state index in [1.54, 1.807) is 0 Å². The normalized spacial score (nSPS) is 16.8. The Labute approximate surface area is 112 Å². The van der Waals surface area contributed by atoms with E-state index in [0.717, 1.165) is 17.8 Å². The molecule has 98 valence electrons. The van der Waals surface area contributed by atoms with Crippen LogP contribution in [-0.2, 0) is 24.8 Å². The first-order valence-corrected chi connectivity index (χ1v) is 6.46. The van der Waals surface area contributed by atoms with Gasteiger partial charge in [-0.05, 0) is 23.8 Å². The number of rotatable bonds is 3. The van der Waals surface area contributed by atoms with Crippen molar-refractivity contribution >= 4 is 11.6 Å². The Morgan fingerprint density at radius 3 is 2.95 bits per heavy atom. The second-order valence-electron chi connectivity index (χ2n) is 4.89. The average molecular weight is 255 g/mol. The van der Waals surface area contributed by atoms with Crippen LogP contribution in [0.2, 0.25) is 0 Å². The number of carbonyl (C=O) groups is 1. The zero-order valence-electron chi connectivity index (χ0n) is 10.9. The maximum absolute atomic E-state index is 12.1. The number of para-hydroxylation sites is 1. The lowest BCUT2D eigenvalue weighted by Crippen LogP contribution is -2.38. The quantitative estimate of drug-likeness (QED) is 0.876. The van der Waals surface area contributed by atoms with Crippen LogP contribution in [0.3, 0.4) is 0 Å². The second kappa shape index (κ2) is 4.80. The van der Waals surface area contributed by atoms with Crippen LogP contribution in [0.1, 0.15) is 11.3 Å². The maximum Gasteiger partial charge on any atom is 0.243 e. The van der Waals surface area contributed by atoms with E-state index >= 15 is 0 Å². The van der Waals surface area contributed by atoms with E-state index < -0.39 is 0 Å². The van der Waals surface area contributed by atoms with Crippen molar-refractivity contribution in [3.63, 3.8) is 0 Å². The molecule has 1 atom stereocenters. The Morgan fingerprint density at radius 1 is 1.37 bits per heavy atom. The highest BCUT2D eigenvalue weighted by atomic mass is 16.2. The summed E-state index contributed by atoms with van der Waals surface area (Å²) >= 11 is 0. The third-order valence-electron chi connectivity index (χ3n) is 3.58. The monoisotopic (exact) mass is 255 g/mol. The molecule has 4 nitrogen and oxygen atoms in total. The number of amides is 1. The number of nitrogens with one attached hydrogen (secondary N) is 2. The number of anilines is 1. The first kappa shape index (κ1) is 11.8. The molecule has 19 heavy (non-hydrogen) atoms. The van der Waals surface area contributed by atoms with Crippen molar-refractivity contribution in [2.24, 2.45) is 7.05 Å². The van der Waals surface area contributed by atoms with Crippen LogP contribution in [0.5, 0.6) is 0 Å². The molecule has 0 bridgehead atoms. The van der Waals surface area contributed by atoms with Gasteiger partial charge in [0.25, 0.3) is 0 Å². The van der Waals surface area contributed by atoms with Gasteiger partial charge in [-0.1, -0.05) is 18.2 Å². The number of fused-ring (bicyclic) bond motifs is 1. The standard InChI is InChI=1S/C15H17N3O/c1-18-8-4-6-12(18)10-16-15(19)14-9-11-5-2-3-7-13(11)17-14/h2-8,14,17H,9-10H2,1H3,(H,16,19)/t14-/m0/s1. The lowest BCUT2D eigenvalue weighted by Gasteiger charge is -2.12. The fourth-order valence-electron chi connectivity index (χ4n) is 2.44. The lowest BCUT2D eigenvalue weighted by molar-refractivity contribution is -0.121. The van der Waals surface area contributed by atoms with Crippen LogP contribution in [0.15, 0.2) is 42.6 Å². The minimum atomic E-state index is -0.155. The number of hydrogen-bond acceptors (Lipinski definition) is 2. The van der Waals surface area contributed by atoms with Gasteiger partial charge in [0.1, 0.15) is 6.04 Å². The third kappa shape index (κ3) is 2.34. The van der Waals surface area contributed by atoms with Gasteiger partial charge in [0.15, 0.2) is 0 Å². The predicted octanol–water partition coefficient (Wildman–Crippen LogP) is 1.68. The van der Waals surface area contributed by atoms with Crippen molar-refractivity contribution in [1.29, 1.82) is 0 Å². The van der Waals surface area contributed by atoms with Crippen molar-refractivity contribution < 1.29 is 4.79 Å². The van der Waals surface area contributed by atoms with Gasteiger partial charge in [-0.3, -0.25) is 4.79 Å². The summed E-state index contributed by atoms with van der Waals surface area (Å²) in [5.41, 5.74) is 3.38. The highest BCUT2D eigenvalue weighted by molar-refractivity contribution is 5.87. The first-order valence-electron chi connectivity index (χ1n) is 6.46. The smallest absolute Gasteiger partial charge is 0.243 e. The Morgan fingerprint density at radius 2 is 2.21 bits per heavy atom. The number of nitrogens with zero attached hydrogens (tertiary/aromatic N) is 1. The van der Waals surface area contributed by atoms with Crippen LogP contribution in [0.25, 0.3) is 0 Å². The number of hydrogen-bond donors (Lipinski definition) is 2. The molecule has 1 aliphatic heterocycles. The summed E-state index contributed by atoms with van der Waals surface area (Å²) in [6.45, 7) is 0.566. The number of aromatic nitrogens is 1. The molecule has 1 aliphatic rings. The van der Waals surface area contributed by atoms with Crippen LogP contribution >= 0.6 is 0 Å². The molecule has 0 saturated heterocycles. The van der Waals surface area contributed by atoms with Gasteiger partial charge >= 0.3 is 0 Å². The number of benzene rings is 1. The van der Waals surface area contributed by atoms with Gasteiger partial charge in [-0.15, -0.1) is 0 Å². The molecule has 0 unspecified atom stereocenters. The van der Waals surface area contributed by atoms with Gasteiger partial charge in [-0.2, -0.15) is 0 Å². The Bertz CT molecular complexity index is 578. The van der Waals surface area contributed by atoms with Crippen molar-refractivity contribution in [1.82, 2.24) is 9.88 Å². The van der Waals surface area contributed by atoms with Gasteiger partial charge in [0.05, 0.1) is 6.54 Å². The molecule has 0 saturated carbocycles. The fourth-order valence-corrected chi connectivity index (χ4v) is 2.44. The van der Waals surface area contributed by atoms with E-state index in [-0.39, 0.29) is 11.9 Å². The van der Waals surface area contributed by atoms with Gasteiger partial charge < -0.3 is 15.2 Å². The minimum Gasteiger partial charge on any atom is -0.373 e. The van der Waals surface area contributed by atoms with Crippen molar-refractivity contribution in [3.8, 4) is 0 Å². The molecule has 0 radical (unpaired) electrons. The highest BCUT2D eigenvalue weighted by Crippen LogP contribution is 2.25. The minimum absolute atomic E-state index is 0.0531. The molecule has 1 aromatic carbocycles. The van der Waals surface area contributed by atoms with Crippen LogP contribution in [0.4, 0.5) is 5.69 Å². The van der Waals surface area contributed by atoms with E-state index in [1.807, 2.05) is 48.1 Å². The Kier molecular flexibility index (Phi) is 2.99. The van der Waals surface area contributed by atoms with E-state index in [2.05, 4.69) is 16.7 Å². The molecular weight excluding hydrogens is 238 g/mol. The van der Waals surface area contributed by atoms with Gasteiger partial charge in [-0.25, -0.2) is 0 Å². The third-order valence-corrected chi connectivity index (χ3v) is 3.58. The second-order valence-corrected chi connectivity index (χ2v) is 4.89. The summed E-state index contributed by atoms with van der Waals surface area (Å²) in [4.78, 5) is 12.1. The van der Waals surface area contributed by atoms with E-state index in [1.165, 1.54) is 5.56 Å². The lowest BCUT2D eigenvalue weighted by atomic mass is 10.1. The average Bonchev–Trinajstić information content (AvgIpc) is 3.01. The van der Waals surface area contributed by atoms with Crippen molar-refractivity contribution in [3.05, 3.63) is 53.9 Å². The summed E-state index contributed by atoms with van der Waals surface area (Å²) in [7, 11) is 1.98. The molecule has 0 fully saturated rings. The van der Waals surface area contributed by atoms with Crippen LogP contribution in [-0.4, -0.2) is 16.5 Å². The molecule has 1 aromatic heterocycles. The zero-order valence-corrected chi connectivity index (χ0v) is 10.9. The molecule has 0 aliphatic carbocycles. The molecule has 0 spiro atoms. The Hall–Kier alpha value is -2.23. The zero-order chi connectivity index (χ0) is 13.2. The molecule has 2 aromatic rings. The first-order chi connectivity index (χ1) is 9.24. The summed E-state index contributed by atoms with van der Waals surface area (Å²) in [6.07, 6.45) is 2.74. The van der Waals surface area contributed by atoms with Crippen LogP contribution < -0.4 is 10.6 Å². The van der Waals surface area contributed by atoms with E-state index in [9.17, 15) is 4.79 Å². The van der Waals surface area contributed by atoms with Crippen molar-refractivity contribution in [2.75, 3.05) is 5.32 Å². The van der Waals surface area contributed by atoms with Crippen LogP contribution in [0, 0.1) is 0 Å². The number of carbonyl (C=O) groups excluding carboxylic acids is 1. The number of aryl methyl sites for hydroxylation is 1. The van der Waals surface area contributed by atoms with E-state index in [0.29, 0.717) is 6.54 Å². The van der Waals surface area contributed by atoms with Gasteiger partial charge in [0.2, 0.25) is 5.91 Å². The summed E-state index contributed by atoms with van der Waals surface area (Å²) < 4.78 is 2.01. The molecule has 2 N–H and O–H groups in total. The highest BCUT2D eigenvalue weighted by Gasteiger charge is 2.25. The fraction of sp³-hybridized carbons (Fsp3) is 0.267. The molecule has 2 heterocycles. The Balaban J connectivity index is 1.60. The summed E-state index contributed by atoms with van der Waals surface area (Å²) in [5.74, 6) is 0.0531. The molecular formula is C15H17N3O. The molecule has 1 amide bonds. The van der Waals surface area contributed by atoms with E-state index in [4.69, 9.17) is 0 Å². The largest absolute Gasteiger partial charge is 0.373 e. The molecule has 4 heteroatoms. The van der Waals surface area contributed by atoms with Gasteiger partial charge in [0, 0.05) is 31.0 Å². The summed E-state index contributed by atoms with van der Waals surface area (Å²) in [5, 5.41) is 6.24. The SMILES string of the molecule is Cn1cccc1CNC(=O)[C@@H]1Cc2ccccc2N1. The summed E-state index contributed by atoms with van der Waals surface area (Å²) in [6, 6.07) is 11.9.